The molecule has 2 aromatic rings. The second-order valence-corrected chi connectivity index (χ2v) is 3.90. The first-order valence-electron chi connectivity index (χ1n) is 5.76. The average Bonchev–Trinajstić information content (AvgIpc) is 2.76. The van der Waals surface area contributed by atoms with E-state index in [1.165, 1.54) is 0 Å². The van der Waals surface area contributed by atoms with Gasteiger partial charge in [-0.05, 0) is 12.6 Å². The van der Waals surface area contributed by atoms with Gasteiger partial charge in [-0.2, -0.15) is 0 Å². The van der Waals surface area contributed by atoms with Crippen molar-refractivity contribution in [3.05, 3.63) is 42.5 Å². The Morgan fingerprint density at radius 2 is 2.24 bits per heavy atom. The smallest absolute Gasteiger partial charge is 0.115 e. The van der Waals surface area contributed by atoms with Gasteiger partial charge in [-0.25, -0.2) is 15.0 Å². The number of rotatable bonds is 5. The molecule has 0 aliphatic heterocycles. The molecule has 0 bridgehead atoms. The molecule has 2 rings (SSSR count). The molecule has 0 aliphatic carbocycles. The summed E-state index contributed by atoms with van der Waals surface area (Å²) >= 11 is 0. The number of imidazole rings is 1. The lowest BCUT2D eigenvalue weighted by molar-refractivity contribution is 0.516. The van der Waals surface area contributed by atoms with Gasteiger partial charge in [0.15, 0.2) is 0 Å². The third-order valence-electron chi connectivity index (χ3n) is 2.72. The second kappa shape index (κ2) is 5.54. The fourth-order valence-corrected chi connectivity index (χ4v) is 1.81. The first-order valence-corrected chi connectivity index (χ1v) is 5.76. The highest BCUT2D eigenvalue weighted by molar-refractivity contribution is 5.08. The number of nitrogens with one attached hydrogen (secondary N) is 1. The van der Waals surface area contributed by atoms with Crippen molar-refractivity contribution in [3.8, 4) is 0 Å². The zero-order valence-electron chi connectivity index (χ0n) is 10.2. The van der Waals surface area contributed by atoms with E-state index in [9.17, 15) is 0 Å². The fourth-order valence-electron chi connectivity index (χ4n) is 1.81. The summed E-state index contributed by atoms with van der Waals surface area (Å²) in [7, 11) is 2.01. The van der Waals surface area contributed by atoms with E-state index in [1.54, 1.807) is 12.5 Å². The molecule has 5 nitrogen and oxygen atoms in total. The highest BCUT2D eigenvalue weighted by atomic mass is 15.0. The standard InChI is InChI=1S/C12H17N5/c1-3-14-11(10-4-5-13-9-16-10)8-12-15-6-7-17(12)2/h4-7,9,11,14H,3,8H2,1-2H3. The van der Waals surface area contributed by atoms with Gasteiger partial charge in [0.25, 0.3) is 0 Å². The summed E-state index contributed by atoms with van der Waals surface area (Å²) in [4.78, 5) is 12.6. The first-order chi connectivity index (χ1) is 8.31. The Labute approximate surface area is 101 Å². The predicted octanol–water partition coefficient (Wildman–Crippen LogP) is 1.10. The van der Waals surface area contributed by atoms with Gasteiger partial charge in [0.1, 0.15) is 12.2 Å². The fraction of sp³-hybridized carbons (Fsp3) is 0.417. The molecule has 0 saturated carbocycles. The van der Waals surface area contributed by atoms with Crippen molar-refractivity contribution in [2.45, 2.75) is 19.4 Å². The maximum absolute atomic E-state index is 4.34. The molecule has 1 atom stereocenters. The van der Waals surface area contributed by atoms with Gasteiger partial charge < -0.3 is 9.88 Å². The van der Waals surface area contributed by atoms with Crippen molar-refractivity contribution in [3.63, 3.8) is 0 Å². The molecule has 2 heterocycles. The normalized spacial score (nSPS) is 12.6. The van der Waals surface area contributed by atoms with Crippen molar-refractivity contribution in [2.75, 3.05) is 6.54 Å². The zero-order valence-corrected chi connectivity index (χ0v) is 10.2. The van der Waals surface area contributed by atoms with E-state index in [-0.39, 0.29) is 6.04 Å². The lowest BCUT2D eigenvalue weighted by Gasteiger charge is -2.16. The first kappa shape index (κ1) is 11.7. The third kappa shape index (κ3) is 2.88. The highest BCUT2D eigenvalue weighted by Gasteiger charge is 2.14. The van der Waals surface area contributed by atoms with Crippen LogP contribution in [0.25, 0.3) is 0 Å². The summed E-state index contributed by atoms with van der Waals surface area (Å²) in [6, 6.07) is 2.13. The molecule has 2 aromatic heterocycles. The summed E-state index contributed by atoms with van der Waals surface area (Å²) in [6.07, 6.45) is 7.95. The topological polar surface area (TPSA) is 55.6 Å². The van der Waals surface area contributed by atoms with E-state index in [1.807, 2.05) is 30.1 Å². The van der Waals surface area contributed by atoms with E-state index in [2.05, 4.69) is 27.2 Å². The molecular weight excluding hydrogens is 214 g/mol. The van der Waals surface area contributed by atoms with E-state index >= 15 is 0 Å². The monoisotopic (exact) mass is 231 g/mol. The maximum atomic E-state index is 4.34. The van der Waals surface area contributed by atoms with Crippen molar-refractivity contribution in [2.24, 2.45) is 7.05 Å². The zero-order chi connectivity index (χ0) is 12.1. The molecular formula is C12H17N5. The summed E-state index contributed by atoms with van der Waals surface area (Å²) in [5.41, 5.74) is 1.00. The van der Waals surface area contributed by atoms with Gasteiger partial charge in [-0.15, -0.1) is 0 Å². The van der Waals surface area contributed by atoms with Crippen LogP contribution < -0.4 is 5.32 Å². The van der Waals surface area contributed by atoms with Crippen LogP contribution in [-0.4, -0.2) is 26.1 Å². The van der Waals surface area contributed by atoms with Crippen molar-refractivity contribution >= 4 is 0 Å². The number of hydrogen-bond donors (Lipinski definition) is 1. The Morgan fingerprint density at radius 3 is 2.82 bits per heavy atom. The lowest BCUT2D eigenvalue weighted by atomic mass is 10.1. The molecule has 0 aromatic carbocycles. The molecule has 0 amide bonds. The molecule has 5 heteroatoms. The molecule has 90 valence electrons. The highest BCUT2D eigenvalue weighted by Crippen LogP contribution is 2.14. The third-order valence-corrected chi connectivity index (χ3v) is 2.72. The van der Waals surface area contributed by atoms with Gasteiger partial charge >= 0.3 is 0 Å². The van der Waals surface area contributed by atoms with E-state index in [4.69, 9.17) is 0 Å². The summed E-state index contributed by atoms with van der Waals surface area (Å²) in [5, 5.41) is 3.42. The Hall–Kier alpha value is -1.75. The van der Waals surface area contributed by atoms with Crippen LogP contribution in [0.2, 0.25) is 0 Å². The van der Waals surface area contributed by atoms with Crippen LogP contribution in [0.1, 0.15) is 24.5 Å². The quantitative estimate of drug-likeness (QED) is 0.837. The van der Waals surface area contributed by atoms with Crippen molar-refractivity contribution < 1.29 is 0 Å². The Balaban J connectivity index is 2.16. The van der Waals surface area contributed by atoms with Crippen LogP contribution in [0, 0.1) is 0 Å². The molecule has 0 radical (unpaired) electrons. The van der Waals surface area contributed by atoms with Crippen molar-refractivity contribution in [1.82, 2.24) is 24.8 Å². The van der Waals surface area contributed by atoms with Gasteiger partial charge in [0, 0.05) is 32.1 Å². The minimum atomic E-state index is 0.184. The molecule has 0 aliphatic rings. The van der Waals surface area contributed by atoms with Gasteiger partial charge in [0.2, 0.25) is 0 Å². The summed E-state index contributed by atoms with van der Waals surface area (Å²) in [5.74, 6) is 1.05. The van der Waals surface area contributed by atoms with E-state index in [0.29, 0.717) is 0 Å². The summed E-state index contributed by atoms with van der Waals surface area (Å²) < 4.78 is 2.03. The average molecular weight is 231 g/mol. The largest absolute Gasteiger partial charge is 0.338 e. The van der Waals surface area contributed by atoms with Crippen LogP contribution in [0.4, 0.5) is 0 Å². The number of aromatic nitrogens is 4. The van der Waals surface area contributed by atoms with Crippen LogP contribution >= 0.6 is 0 Å². The van der Waals surface area contributed by atoms with E-state index < -0.39 is 0 Å². The molecule has 0 fully saturated rings. The Kier molecular flexibility index (Phi) is 3.82. The van der Waals surface area contributed by atoms with Crippen LogP contribution in [0.3, 0.4) is 0 Å². The molecule has 1 unspecified atom stereocenters. The lowest BCUT2D eigenvalue weighted by Crippen LogP contribution is -2.25. The van der Waals surface area contributed by atoms with Gasteiger partial charge in [0.05, 0.1) is 11.7 Å². The Morgan fingerprint density at radius 1 is 1.35 bits per heavy atom. The van der Waals surface area contributed by atoms with Gasteiger partial charge in [-0.1, -0.05) is 6.92 Å². The predicted molar refractivity (Wildman–Crippen MR) is 65.4 cm³/mol. The number of hydrogen-bond acceptors (Lipinski definition) is 4. The molecule has 0 saturated heterocycles. The maximum Gasteiger partial charge on any atom is 0.115 e. The van der Waals surface area contributed by atoms with Crippen LogP contribution in [0.5, 0.6) is 0 Å². The number of nitrogens with zero attached hydrogens (tertiary/aromatic N) is 4. The van der Waals surface area contributed by atoms with E-state index in [0.717, 1.165) is 24.5 Å². The Bertz CT molecular complexity index is 451. The minimum Gasteiger partial charge on any atom is -0.338 e. The second-order valence-electron chi connectivity index (χ2n) is 3.90. The van der Waals surface area contributed by atoms with Crippen LogP contribution in [-0.2, 0) is 13.5 Å². The summed E-state index contributed by atoms with van der Waals surface area (Å²) in [6.45, 7) is 2.99. The van der Waals surface area contributed by atoms with Crippen LogP contribution in [0.15, 0.2) is 31.0 Å². The van der Waals surface area contributed by atoms with Crippen molar-refractivity contribution in [1.29, 1.82) is 0 Å². The van der Waals surface area contributed by atoms with Gasteiger partial charge in [-0.3, -0.25) is 0 Å². The minimum absolute atomic E-state index is 0.184. The molecule has 17 heavy (non-hydrogen) atoms. The molecule has 0 spiro atoms. The number of likely N-dealkylation sites (N-methyl/N-ethyl adjacent to an activating group) is 1. The molecule has 1 N–H and O–H groups in total. The SMILES string of the molecule is CCNC(Cc1nccn1C)c1ccncn1. The number of aryl methyl sites for hydroxylation is 1.